The van der Waals surface area contributed by atoms with Gasteiger partial charge in [0.05, 0.1) is 23.3 Å². The van der Waals surface area contributed by atoms with Crippen LogP contribution in [0.4, 0.5) is 0 Å². The van der Waals surface area contributed by atoms with E-state index in [0.29, 0.717) is 5.56 Å². The van der Waals surface area contributed by atoms with E-state index < -0.39 is 108 Å². The van der Waals surface area contributed by atoms with Crippen LogP contribution in [0.1, 0.15) is 78.9 Å². The minimum Gasteiger partial charge on any atom is -0.507 e. The molecule has 5 rings (SSSR count). The second kappa shape index (κ2) is 14.9. The molecule has 10 atom stereocenters. The summed E-state index contributed by atoms with van der Waals surface area (Å²) in [5.74, 6) is -6.13. The van der Waals surface area contributed by atoms with E-state index >= 15 is 0 Å². The maximum Gasteiger partial charge on any atom is 0.303 e. The average Bonchev–Trinajstić information content (AvgIpc) is 3.02. The Morgan fingerprint density at radius 3 is 1.67 bits per heavy atom. The number of aromatic hydroxyl groups is 2. The molecule has 0 saturated carbocycles. The highest BCUT2D eigenvalue weighted by Crippen LogP contribution is 2.41. The molecule has 0 spiro atoms. The van der Waals surface area contributed by atoms with Crippen molar-refractivity contribution in [3.63, 3.8) is 0 Å². The Labute approximate surface area is 296 Å². The molecule has 0 unspecified atom stereocenters. The fraction of sp³-hybridized carbons (Fsp3) is 0.486. The number of aryl methyl sites for hydroxylation is 1. The Morgan fingerprint density at radius 2 is 1.10 bits per heavy atom. The number of rotatable bonds is 8. The molecule has 0 aromatic heterocycles. The van der Waals surface area contributed by atoms with Crippen LogP contribution in [-0.4, -0.2) is 112 Å². The van der Waals surface area contributed by atoms with Crippen LogP contribution >= 0.6 is 0 Å². The number of phenols is 2. The molecule has 2 aromatic carbocycles. The molecule has 17 nitrogen and oxygen atoms in total. The molecule has 52 heavy (non-hydrogen) atoms. The molecule has 280 valence electrons. The zero-order chi connectivity index (χ0) is 38.3. The van der Waals surface area contributed by atoms with E-state index in [-0.39, 0.29) is 28.0 Å². The topological polar surface area (TPSA) is 237 Å². The van der Waals surface area contributed by atoms with Gasteiger partial charge in [0.25, 0.3) is 0 Å². The number of esters is 4. The van der Waals surface area contributed by atoms with Gasteiger partial charge in [-0.15, -0.1) is 0 Å². The maximum absolute atomic E-state index is 13.5. The van der Waals surface area contributed by atoms with Gasteiger partial charge in [-0.25, -0.2) is 0 Å². The second-order valence-electron chi connectivity index (χ2n) is 12.7. The van der Waals surface area contributed by atoms with E-state index in [1.807, 2.05) is 0 Å². The number of carbonyl (C=O) groups excluding carboxylic acids is 6. The number of fused-ring (bicyclic) bond motifs is 2. The van der Waals surface area contributed by atoms with Crippen molar-refractivity contribution in [1.29, 1.82) is 0 Å². The monoisotopic (exact) mass is 730 g/mol. The smallest absolute Gasteiger partial charge is 0.303 e. The van der Waals surface area contributed by atoms with Gasteiger partial charge in [-0.05, 0) is 44.5 Å². The number of hydrogen-bond donors (Lipinski definition) is 3. The molecule has 0 bridgehead atoms. The lowest BCUT2D eigenvalue weighted by Gasteiger charge is -2.47. The van der Waals surface area contributed by atoms with Crippen molar-refractivity contribution in [2.75, 3.05) is 0 Å². The molecule has 3 aliphatic rings. The minimum atomic E-state index is -1.60. The number of aliphatic hydroxyl groups is 1. The van der Waals surface area contributed by atoms with Crippen molar-refractivity contribution in [3.8, 4) is 17.2 Å². The lowest BCUT2D eigenvalue weighted by atomic mass is 9.82. The van der Waals surface area contributed by atoms with Gasteiger partial charge in [-0.1, -0.05) is 0 Å². The summed E-state index contributed by atoms with van der Waals surface area (Å²) in [6, 6.07) is 4.92. The van der Waals surface area contributed by atoms with Gasteiger partial charge in [0, 0.05) is 44.9 Å². The van der Waals surface area contributed by atoms with Gasteiger partial charge >= 0.3 is 23.9 Å². The van der Waals surface area contributed by atoms with Gasteiger partial charge in [-0.2, -0.15) is 0 Å². The molecule has 2 fully saturated rings. The first-order valence-electron chi connectivity index (χ1n) is 16.2. The zero-order valence-corrected chi connectivity index (χ0v) is 29.1. The summed E-state index contributed by atoms with van der Waals surface area (Å²) in [5.41, 5.74) is -0.456. The minimum absolute atomic E-state index is 0.0865. The van der Waals surface area contributed by atoms with Gasteiger partial charge in [0.2, 0.25) is 18.2 Å². The lowest BCUT2D eigenvalue weighted by Crippen LogP contribution is -2.65. The third kappa shape index (κ3) is 7.57. The first-order chi connectivity index (χ1) is 24.4. The first kappa shape index (κ1) is 38.1. The van der Waals surface area contributed by atoms with Crippen molar-refractivity contribution in [2.24, 2.45) is 0 Å². The Balaban J connectivity index is 1.49. The molecule has 2 saturated heterocycles. The quantitative estimate of drug-likeness (QED) is 0.220. The fourth-order valence-electron chi connectivity index (χ4n) is 6.47. The van der Waals surface area contributed by atoms with Crippen LogP contribution in [0.15, 0.2) is 24.3 Å². The molecule has 3 N–H and O–H groups in total. The van der Waals surface area contributed by atoms with Crippen LogP contribution in [0.2, 0.25) is 0 Å². The van der Waals surface area contributed by atoms with E-state index in [4.69, 9.17) is 37.9 Å². The maximum atomic E-state index is 13.5. The van der Waals surface area contributed by atoms with E-state index in [2.05, 4.69) is 0 Å². The molecule has 2 aromatic rings. The summed E-state index contributed by atoms with van der Waals surface area (Å²) in [5, 5.41) is 32.1. The van der Waals surface area contributed by atoms with Gasteiger partial charge in [0.1, 0.15) is 29.5 Å². The first-order valence-corrected chi connectivity index (χ1v) is 16.2. The normalized spacial score (nSPS) is 29.6. The van der Waals surface area contributed by atoms with Gasteiger partial charge < -0.3 is 53.2 Å². The van der Waals surface area contributed by atoms with Crippen molar-refractivity contribution < 1.29 is 82.0 Å². The molecule has 17 heteroatoms. The number of ketones is 2. The van der Waals surface area contributed by atoms with Gasteiger partial charge in [-0.3, -0.25) is 28.8 Å². The molecular formula is C35H38O17. The number of aliphatic hydroxyl groups excluding tert-OH is 1. The molecule has 0 amide bonds. The molecular weight excluding hydrogens is 692 g/mol. The molecule has 1 aliphatic carbocycles. The fourth-order valence-corrected chi connectivity index (χ4v) is 6.47. The van der Waals surface area contributed by atoms with Gasteiger partial charge in [0.15, 0.2) is 30.4 Å². The Morgan fingerprint density at radius 1 is 0.615 bits per heavy atom. The second-order valence-corrected chi connectivity index (χ2v) is 12.7. The van der Waals surface area contributed by atoms with E-state index in [0.717, 1.165) is 33.8 Å². The highest BCUT2D eigenvalue weighted by atomic mass is 16.8. The van der Waals surface area contributed by atoms with Crippen LogP contribution in [-0.2, 0) is 52.3 Å². The van der Waals surface area contributed by atoms with Crippen LogP contribution in [0, 0.1) is 6.92 Å². The Bertz CT molecular complexity index is 1800. The predicted molar refractivity (Wildman–Crippen MR) is 170 cm³/mol. The largest absolute Gasteiger partial charge is 0.507 e. The molecule has 0 radical (unpaired) electrons. The number of ether oxygens (including phenoxy) is 8. The Kier molecular flexibility index (Phi) is 10.9. The summed E-state index contributed by atoms with van der Waals surface area (Å²) in [6.07, 6.45) is -14.2. The van der Waals surface area contributed by atoms with E-state index in [9.17, 15) is 44.1 Å². The highest BCUT2D eigenvalue weighted by molar-refractivity contribution is 6.30. The van der Waals surface area contributed by atoms with Crippen molar-refractivity contribution >= 4 is 35.4 Å². The summed E-state index contributed by atoms with van der Waals surface area (Å²) >= 11 is 0. The number of carbonyl (C=O) groups is 6. The summed E-state index contributed by atoms with van der Waals surface area (Å²) in [4.78, 5) is 75.7. The predicted octanol–water partition coefficient (Wildman–Crippen LogP) is 1.52. The highest BCUT2D eigenvalue weighted by Gasteiger charge is 2.55. The average molecular weight is 731 g/mol. The van der Waals surface area contributed by atoms with Crippen LogP contribution in [0.3, 0.4) is 0 Å². The van der Waals surface area contributed by atoms with Crippen molar-refractivity contribution in [3.05, 3.63) is 52.1 Å². The summed E-state index contributed by atoms with van der Waals surface area (Å²) in [7, 11) is 0. The SMILES string of the molecule is CC(=O)O[C@@H]1[C@@H](O[C@@H]2O[C@@H](C)[C@H](O)[C@@H](OC(C)=O)[C@H]2OC(C)=O)[C@H](C)O[C@@H](Oc2cc(O)c3c(c2)C(=O)c2cc(C)cc(O)c2C3=O)[C@@H]1OC(C)=O. The lowest BCUT2D eigenvalue weighted by molar-refractivity contribution is -0.347. The van der Waals surface area contributed by atoms with Crippen LogP contribution in [0.25, 0.3) is 0 Å². The Hall–Kier alpha value is -5.10. The number of benzene rings is 2. The molecule has 2 heterocycles. The van der Waals surface area contributed by atoms with Crippen molar-refractivity contribution in [1.82, 2.24) is 0 Å². The number of phenolic OH excluding ortho intramolecular Hbond substituents is 2. The third-order valence-electron chi connectivity index (χ3n) is 8.53. The summed E-state index contributed by atoms with van der Waals surface area (Å²) < 4.78 is 45.8. The van der Waals surface area contributed by atoms with E-state index in [1.165, 1.54) is 32.0 Å². The third-order valence-corrected chi connectivity index (χ3v) is 8.53. The standard InChI is InChI=1S/C35H38O17/c1-12-8-20-24(22(40)9-12)28(44)25-21(27(20)43)10-19(11-23(25)41)51-34-33(50-18(7)39)31(48-16(5)37)29(14(3)46-34)52-35-32(49-17(6)38)30(47-15(4)36)26(42)13(2)45-35/h8-11,13-14,26,29-35,40-42H,1-7H3/t13-,14-,26-,29-,30+,31+,32+,33+,34-,35-/m0/s1. The number of hydrogen-bond acceptors (Lipinski definition) is 17. The zero-order valence-electron chi connectivity index (χ0n) is 29.1. The van der Waals surface area contributed by atoms with Crippen LogP contribution < -0.4 is 4.74 Å². The molecule has 2 aliphatic heterocycles. The summed E-state index contributed by atoms with van der Waals surface area (Å²) in [6.45, 7) is 8.85. The van der Waals surface area contributed by atoms with E-state index in [1.54, 1.807) is 6.92 Å². The van der Waals surface area contributed by atoms with Crippen LogP contribution in [0.5, 0.6) is 17.2 Å². The van der Waals surface area contributed by atoms with Crippen molar-refractivity contribution in [2.45, 2.75) is 110 Å².